The Labute approximate surface area is 369 Å². The number of hydrogen-bond donors (Lipinski definition) is 4. The van der Waals surface area contributed by atoms with E-state index in [2.05, 4.69) is 78.9 Å². The van der Waals surface area contributed by atoms with Crippen molar-refractivity contribution in [1.29, 1.82) is 0 Å². The number of carbonyl (C=O) groups excluding carboxylic acids is 3. The number of carbonyl (C=O) groups is 3. The molecule has 2 unspecified atom stereocenters. The van der Waals surface area contributed by atoms with Gasteiger partial charge in [-0.1, -0.05) is 66.2 Å². The summed E-state index contributed by atoms with van der Waals surface area (Å²) >= 11 is 0. The van der Waals surface area contributed by atoms with Crippen LogP contribution in [0.4, 0.5) is 17.1 Å². The van der Waals surface area contributed by atoms with Gasteiger partial charge < -0.3 is 30.7 Å². The Morgan fingerprint density at radius 2 is 0.889 bits per heavy atom. The second kappa shape index (κ2) is 21.4. The standard InChI is InChI=1S/C47H59N11O5/c1-8-12-14-30(10-3)28-62-39(60)33-18-24-36(25-19-33)49-42-53-44-51-41(48-35-22-16-32(17-23-35)38(59)57-47(5,6)7)52-45-54-43(56-46(55-42)58(44)45)50-37-26-20-34(21-27-37)40(61)63-29-31(11-4)15-13-9-2/h16-27,30-31H,8-15,28-29H2,1-7H3,(H,57,59)(H3,48,49,50,51,52,53,54,55,56). The molecular weight excluding hydrogens is 799 g/mol. The van der Waals surface area contributed by atoms with Crippen molar-refractivity contribution in [1.82, 2.24) is 10.2 Å². The van der Waals surface area contributed by atoms with Crippen molar-refractivity contribution in [2.45, 2.75) is 105 Å². The zero-order chi connectivity index (χ0) is 44.9. The van der Waals surface area contributed by atoms with Gasteiger partial charge in [-0.2, -0.15) is 30.0 Å². The molecule has 16 nitrogen and oxygen atoms in total. The summed E-state index contributed by atoms with van der Waals surface area (Å²) in [5, 5.41) is 12.6. The van der Waals surface area contributed by atoms with Crippen molar-refractivity contribution in [2.24, 2.45) is 41.8 Å². The molecule has 0 aromatic heterocycles. The minimum atomic E-state index is -0.382. The Kier molecular flexibility index (Phi) is 15.6. The number of amides is 1. The molecule has 0 aliphatic carbocycles. The first-order chi connectivity index (χ1) is 30.3. The predicted octanol–water partition coefficient (Wildman–Crippen LogP) is 9.08. The number of guanidine groups is 6. The first-order valence-corrected chi connectivity index (χ1v) is 21.9. The maximum absolute atomic E-state index is 12.9. The van der Waals surface area contributed by atoms with E-state index >= 15 is 0 Å². The van der Waals surface area contributed by atoms with E-state index in [-0.39, 0.29) is 59.1 Å². The molecule has 0 spiro atoms. The molecule has 0 bridgehead atoms. The molecule has 3 aliphatic heterocycles. The van der Waals surface area contributed by atoms with Crippen molar-refractivity contribution in [3.05, 3.63) is 89.5 Å². The van der Waals surface area contributed by atoms with E-state index < -0.39 is 0 Å². The maximum atomic E-state index is 12.9. The molecule has 0 radical (unpaired) electrons. The number of esters is 2. The van der Waals surface area contributed by atoms with Crippen molar-refractivity contribution >= 4 is 70.7 Å². The van der Waals surface area contributed by atoms with Crippen LogP contribution >= 0.6 is 0 Å². The molecule has 0 saturated heterocycles. The minimum Gasteiger partial charge on any atom is -0.462 e. The van der Waals surface area contributed by atoms with Crippen LogP contribution in [0.15, 0.2) is 103 Å². The van der Waals surface area contributed by atoms with Crippen molar-refractivity contribution in [3.63, 3.8) is 0 Å². The van der Waals surface area contributed by atoms with Crippen LogP contribution in [0.1, 0.15) is 131 Å². The number of rotatable bonds is 18. The van der Waals surface area contributed by atoms with E-state index in [9.17, 15) is 14.4 Å². The van der Waals surface area contributed by atoms with Crippen LogP contribution in [0, 0.1) is 11.8 Å². The highest BCUT2D eigenvalue weighted by atomic mass is 16.5. The van der Waals surface area contributed by atoms with Gasteiger partial charge in [0.05, 0.1) is 24.3 Å². The van der Waals surface area contributed by atoms with Gasteiger partial charge in [0.15, 0.2) is 0 Å². The Hall–Kier alpha value is -6.71. The van der Waals surface area contributed by atoms with Crippen LogP contribution in [0.5, 0.6) is 0 Å². The molecule has 0 saturated carbocycles. The average Bonchev–Trinajstić information content (AvgIpc) is 3.26. The second-order valence-corrected chi connectivity index (χ2v) is 16.7. The van der Waals surface area contributed by atoms with E-state index in [0.717, 1.165) is 51.4 Å². The topological polar surface area (TPSA) is 195 Å². The molecule has 6 rings (SSSR count). The first kappa shape index (κ1) is 45.8. The van der Waals surface area contributed by atoms with Gasteiger partial charge in [0.25, 0.3) is 5.91 Å². The van der Waals surface area contributed by atoms with Gasteiger partial charge in [-0.25, -0.2) is 14.5 Å². The number of nitrogens with zero attached hydrogens (tertiary/aromatic N) is 7. The molecule has 3 aliphatic rings. The van der Waals surface area contributed by atoms with Crippen molar-refractivity contribution in [2.75, 3.05) is 29.2 Å². The van der Waals surface area contributed by atoms with Crippen LogP contribution in [0.25, 0.3) is 0 Å². The smallest absolute Gasteiger partial charge is 0.338 e. The number of aliphatic imine (C=N–C) groups is 6. The summed E-state index contributed by atoms with van der Waals surface area (Å²) in [5.74, 6) is 0.872. The molecule has 4 N–H and O–H groups in total. The lowest BCUT2D eigenvalue weighted by Gasteiger charge is -2.30. The van der Waals surface area contributed by atoms with Gasteiger partial charge in [0.1, 0.15) is 0 Å². The molecule has 2 atom stereocenters. The fourth-order valence-electron chi connectivity index (χ4n) is 6.69. The van der Waals surface area contributed by atoms with Crippen LogP contribution in [-0.4, -0.2) is 77.3 Å². The maximum Gasteiger partial charge on any atom is 0.338 e. The molecule has 1 amide bonds. The summed E-state index contributed by atoms with van der Waals surface area (Å²) in [4.78, 5) is 68.1. The van der Waals surface area contributed by atoms with Crippen molar-refractivity contribution in [3.8, 4) is 0 Å². The van der Waals surface area contributed by atoms with E-state index in [1.807, 2.05) is 20.8 Å². The molecule has 3 aromatic carbocycles. The molecule has 3 heterocycles. The Morgan fingerprint density at radius 1 is 0.540 bits per heavy atom. The fourth-order valence-corrected chi connectivity index (χ4v) is 6.69. The highest BCUT2D eigenvalue weighted by Crippen LogP contribution is 2.22. The third-order valence-electron chi connectivity index (χ3n) is 10.5. The van der Waals surface area contributed by atoms with Crippen LogP contribution < -0.4 is 21.3 Å². The largest absolute Gasteiger partial charge is 0.462 e. The normalized spacial score (nSPS) is 15.2. The Bertz CT molecular complexity index is 2210. The van der Waals surface area contributed by atoms with Gasteiger partial charge >= 0.3 is 11.9 Å². The number of benzene rings is 3. The van der Waals surface area contributed by atoms with Crippen LogP contribution in [-0.2, 0) is 9.47 Å². The van der Waals surface area contributed by atoms with Gasteiger partial charge in [-0.15, -0.1) is 0 Å². The summed E-state index contributed by atoms with van der Waals surface area (Å²) in [7, 11) is 0. The van der Waals surface area contributed by atoms with Crippen LogP contribution in [0.3, 0.4) is 0 Å². The monoisotopic (exact) mass is 857 g/mol. The lowest BCUT2D eigenvalue weighted by Crippen LogP contribution is -2.49. The first-order valence-electron chi connectivity index (χ1n) is 21.9. The molecule has 16 heteroatoms. The third kappa shape index (κ3) is 12.9. The quantitative estimate of drug-likeness (QED) is 0.0903. The minimum absolute atomic E-state index is 0.180. The van der Waals surface area contributed by atoms with Gasteiger partial charge in [0.2, 0.25) is 35.8 Å². The Balaban J connectivity index is 1.21. The Morgan fingerprint density at radius 3 is 1.21 bits per heavy atom. The van der Waals surface area contributed by atoms with E-state index in [4.69, 9.17) is 9.47 Å². The van der Waals surface area contributed by atoms with E-state index in [1.165, 1.54) is 4.90 Å². The number of hydrogen-bond acceptors (Lipinski definition) is 15. The number of ether oxygens (including phenoxy) is 2. The van der Waals surface area contributed by atoms with E-state index in [0.29, 0.717) is 58.8 Å². The summed E-state index contributed by atoms with van der Waals surface area (Å²) < 4.78 is 11.3. The molecule has 332 valence electrons. The fraction of sp³-hybridized carbons (Fsp3) is 0.426. The second-order valence-electron chi connectivity index (χ2n) is 16.7. The lowest BCUT2D eigenvalue weighted by atomic mass is 10.0. The average molecular weight is 858 g/mol. The predicted molar refractivity (Wildman–Crippen MR) is 251 cm³/mol. The third-order valence-corrected chi connectivity index (χ3v) is 10.5. The zero-order valence-electron chi connectivity index (χ0n) is 37.3. The number of nitrogens with one attached hydrogen (secondary N) is 4. The van der Waals surface area contributed by atoms with Gasteiger partial charge in [-0.05, 0) is 118 Å². The zero-order valence-corrected chi connectivity index (χ0v) is 37.3. The molecule has 63 heavy (non-hydrogen) atoms. The highest BCUT2D eigenvalue weighted by Gasteiger charge is 2.35. The number of anilines is 3. The summed E-state index contributed by atoms with van der Waals surface area (Å²) in [6, 6.07) is 20.7. The van der Waals surface area contributed by atoms with Gasteiger partial charge in [-0.3, -0.25) is 4.79 Å². The summed E-state index contributed by atoms with van der Waals surface area (Å²) in [6.07, 6.45) is 8.40. The van der Waals surface area contributed by atoms with Crippen LogP contribution in [0.2, 0.25) is 0 Å². The van der Waals surface area contributed by atoms with Crippen molar-refractivity contribution < 1.29 is 23.9 Å². The lowest BCUT2D eigenvalue weighted by molar-refractivity contribution is 0.0419. The molecular formula is C47H59N11O5. The molecule has 3 aromatic rings. The number of unbranched alkanes of at least 4 members (excludes halogenated alkanes) is 2. The van der Waals surface area contributed by atoms with E-state index in [1.54, 1.807) is 72.8 Å². The summed E-state index contributed by atoms with van der Waals surface area (Å²) in [5.41, 5.74) is 2.86. The SMILES string of the molecule is CCCCC(CC)COC(=O)c1ccc(NC2=NC3=NC(Nc4ccc(C(=O)NC(C)(C)C)cc4)=NC4=NC(Nc5ccc(C(=O)OCC(CC)CCCC)cc5)=NC(=N2)N34)cc1. The van der Waals surface area contributed by atoms with Gasteiger partial charge in [0, 0.05) is 28.2 Å². The molecule has 0 fully saturated rings. The highest BCUT2D eigenvalue weighted by molar-refractivity contribution is 6.32. The summed E-state index contributed by atoms with van der Waals surface area (Å²) in [6.45, 7) is 15.1.